The molecule has 0 aliphatic heterocycles. The molecule has 1 aromatic carbocycles. The summed E-state index contributed by atoms with van der Waals surface area (Å²) in [4.78, 5) is 4.01. The van der Waals surface area contributed by atoms with Gasteiger partial charge in [-0.1, -0.05) is 30.3 Å². The number of benzene rings is 1. The van der Waals surface area contributed by atoms with Gasteiger partial charge in [-0.3, -0.25) is 4.98 Å². The quantitative estimate of drug-likeness (QED) is 0.733. The number of nitrogens with zero attached hydrogens (tertiary/aromatic N) is 1. The van der Waals surface area contributed by atoms with Crippen LogP contribution in [0.4, 0.5) is 13.2 Å². The third kappa shape index (κ3) is 2.64. The van der Waals surface area contributed by atoms with Crippen molar-refractivity contribution in [2.75, 3.05) is 0 Å². The highest BCUT2D eigenvalue weighted by Gasteiger charge is 2.33. The second-order valence-electron chi connectivity index (χ2n) is 3.72. The summed E-state index contributed by atoms with van der Waals surface area (Å²) < 4.78 is 38.5. The maximum Gasteiger partial charge on any atom is 0.416 e. The van der Waals surface area contributed by atoms with Gasteiger partial charge in [0.05, 0.1) is 11.3 Å². The van der Waals surface area contributed by atoms with Crippen molar-refractivity contribution in [1.82, 2.24) is 4.98 Å². The smallest absolute Gasteiger partial charge is 0.256 e. The van der Waals surface area contributed by atoms with Crippen molar-refractivity contribution in [2.45, 2.75) is 12.1 Å². The van der Waals surface area contributed by atoms with Crippen molar-refractivity contribution in [3.05, 3.63) is 53.7 Å². The van der Waals surface area contributed by atoms with Gasteiger partial charge in [0, 0.05) is 17.6 Å². The van der Waals surface area contributed by atoms with Gasteiger partial charge in [0.15, 0.2) is 0 Å². The van der Waals surface area contributed by atoms with Crippen molar-refractivity contribution in [3.63, 3.8) is 0 Å². The second kappa shape index (κ2) is 4.98. The molecule has 1 nitrogen and oxygen atoms in total. The Morgan fingerprint density at radius 3 is 2.33 bits per heavy atom. The Bertz CT molecular complexity index is 538. The average molecular weight is 272 g/mol. The molecule has 1 aromatic heterocycles. The minimum absolute atomic E-state index is 0.0103. The largest absolute Gasteiger partial charge is 0.416 e. The second-order valence-corrected chi connectivity index (χ2v) is 3.99. The number of pyridine rings is 1. The first-order valence-corrected chi connectivity index (χ1v) is 5.73. The van der Waals surface area contributed by atoms with Crippen LogP contribution in [-0.4, -0.2) is 4.98 Å². The van der Waals surface area contributed by atoms with Gasteiger partial charge < -0.3 is 0 Å². The van der Waals surface area contributed by atoms with Crippen LogP contribution < -0.4 is 0 Å². The van der Waals surface area contributed by atoms with Crippen LogP contribution in [0.1, 0.15) is 11.1 Å². The molecule has 0 bridgehead atoms. The summed E-state index contributed by atoms with van der Waals surface area (Å²) in [7, 11) is 0. The van der Waals surface area contributed by atoms with Crippen molar-refractivity contribution in [3.8, 4) is 11.3 Å². The molecule has 0 fully saturated rings. The van der Waals surface area contributed by atoms with Crippen LogP contribution in [0.25, 0.3) is 11.3 Å². The first kappa shape index (κ1) is 12.9. The summed E-state index contributed by atoms with van der Waals surface area (Å²) in [6.45, 7) is 0. The topological polar surface area (TPSA) is 12.9 Å². The monoisotopic (exact) mass is 271 g/mol. The molecular weight excluding hydrogens is 263 g/mol. The lowest BCUT2D eigenvalue weighted by Gasteiger charge is -2.12. The average Bonchev–Trinajstić information content (AvgIpc) is 2.38. The highest BCUT2D eigenvalue weighted by Crippen LogP contribution is 2.34. The van der Waals surface area contributed by atoms with Crippen LogP contribution >= 0.6 is 11.6 Å². The molecule has 0 amide bonds. The highest BCUT2D eigenvalue weighted by atomic mass is 35.5. The minimum Gasteiger partial charge on any atom is -0.256 e. The van der Waals surface area contributed by atoms with E-state index in [0.717, 1.165) is 6.07 Å². The first-order chi connectivity index (χ1) is 8.52. The van der Waals surface area contributed by atoms with E-state index in [1.165, 1.54) is 6.20 Å². The molecule has 0 saturated carbocycles. The number of alkyl halides is 4. The Labute approximate surface area is 107 Å². The number of hydrogen-bond acceptors (Lipinski definition) is 1. The van der Waals surface area contributed by atoms with E-state index in [4.69, 9.17) is 11.6 Å². The number of aromatic nitrogens is 1. The molecule has 0 unspecified atom stereocenters. The van der Waals surface area contributed by atoms with Gasteiger partial charge in [-0.05, 0) is 11.6 Å². The number of halogens is 4. The number of hydrogen-bond donors (Lipinski definition) is 0. The molecule has 0 saturated heterocycles. The van der Waals surface area contributed by atoms with E-state index in [-0.39, 0.29) is 17.1 Å². The third-order valence-corrected chi connectivity index (χ3v) is 2.79. The van der Waals surface area contributed by atoms with E-state index >= 15 is 0 Å². The van der Waals surface area contributed by atoms with Crippen LogP contribution in [0.5, 0.6) is 0 Å². The molecule has 5 heteroatoms. The van der Waals surface area contributed by atoms with Crippen molar-refractivity contribution >= 4 is 11.6 Å². The van der Waals surface area contributed by atoms with Crippen LogP contribution in [0, 0.1) is 0 Å². The Morgan fingerprint density at radius 2 is 1.78 bits per heavy atom. The van der Waals surface area contributed by atoms with E-state index in [9.17, 15) is 13.2 Å². The van der Waals surface area contributed by atoms with E-state index < -0.39 is 11.7 Å². The fourth-order valence-electron chi connectivity index (χ4n) is 1.62. The molecule has 0 radical (unpaired) electrons. The summed E-state index contributed by atoms with van der Waals surface area (Å²) in [6, 6.07) is 9.75. The molecule has 0 atom stereocenters. The van der Waals surface area contributed by atoms with Crippen LogP contribution in [0.2, 0.25) is 0 Å². The van der Waals surface area contributed by atoms with E-state index in [1.54, 1.807) is 30.3 Å². The highest BCUT2D eigenvalue weighted by molar-refractivity contribution is 6.17. The van der Waals surface area contributed by atoms with Gasteiger partial charge >= 0.3 is 6.18 Å². The summed E-state index contributed by atoms with van der Waals surface area (Å²) in [6.07, 6.45) is -3.24. The van der Waals surface area contributed by atoms with Crippen molar-refractivity contribution in [2.24, 2.45) is 0 Å². The molecule has 18 heavy (non-hydrogen) atoms. The summed E-state index contributed by atoms with van der Waals surface area (Å²) in [5.74, 6) is -0.211. The molecule has 2 rings (SSSR count). The predicted octanol–water partition coefficient (Wildman–Crippen LogP) is 4.51. The maximum absolute atomic E-state index is 12.8. The Kier molecular flexibility index (Phi) is 3.57. The third-order valence-electron chi connectivity index (χ3n) is 2.51. The molecular formula is C13H9ClF3N. The van der Waals surface area contributed by atoms with Gasteiger partial charge in [-0.25, -0.2) is 0 Å². The molecule has 0 spiro atoms. The van der Waals surface area contributed by atoms with Crippen molar-refractivity contribution in [1.29, 1.82) is 0 Å². The van der Waals surface area contributed by atoms with Gasteiger partial charge in [0.25, 0.3) is 0 Å². The fourth-order valence-corrected chi connectivity index (χ4v) is 1.83. The fraction of sp³-hybridized carbons (Fsp3) is 0.154. The summed E-state index contributed by atoms with van der Waals surface area (Å²) >= 11 is 5.50. The Hall–Kier alpha value is -1.55. The molecule has 0 N–H and O–H groups in total. The lowest BCUT2D eigenvalue weighted by atomic mass is 10.1. The summed E-state index contributed by atoms with van der Waals surface area (Å²) in [5.41, 5.74) is 0.191. The van der Waals surface area contributed by atoms with Crippen LogP contribution in [-0.2, 0) is 12.1 Å². The van der Waals surface area contributed by atoms with Gasteiger partial charge in [0.1, 0.15) is 0 Å². The standard InChI is InChI=1S/C13H9ClF3N/c14-7-10-8-18-12(6-11(10)13(15,16)17)9-4-2-1-3-5-9/h1-6,8H,7H2. The lowest BCUT2D eigenvalue weighted by Crippen LogP contribution is -2.09. The van der Waals surface area contributed by atoms with E-state index in [1.807, 2.05) is 0 Å². The summed E-state index contributed by atoms with van der Waals surface area (Å²) in [5, 5.41) is 0. The zero-order chi connectivity index (χ0) is 13.2. The van der Waals surface area contributed by atoms with E-state index in [0.29, 0.717) is 5.56 Å². The SMILES string of the molecule is FC(F)(F)c1cc(-c2ccccc2)ncc1CCl. The minimum atomic E-state index is -4.42. The molecule has 1 heterocycles. The zero-order valence-electron chi connectivity index (χ0n) is 9.21. The normalized spacial score (nSPS) is 11.6. The molecule has 2 aromatic rings. The van der Waals surface area contributed by atoms with Gasteiger partial charge in [-0.15, -0.1) is 11.6 Å². The van der Waals surface area contributed by atoms with E-state index in [2.05, 4.69) is 4.98 Å². The van der Waals surface area contributed by atoms with Crippen molar-refractivity contribution < 1.29 is 13.2 Å². The molecule has 94 valence electrons. The lowest BCUT2D eigenvalue weighted by molar-refractivity contribution is -0.138. The van der Waals surface area contributed by atoms with Gasteiger partial charge in [-0.2, -0.15) is 13.2 Å². The van der Waals surface area contributed by atoms with Crippen LogP contribution in [0.15, 0.2) is 42.6 Å². The zero-order valence-corrected chi connectivity index (χ0v) is 9.96. The first-order valence-electron chi connectivity index (χ1n) is 5.20. The maximum atomic E-state index is 12.8. The molecule has 0 aliphatic carbocycles. The predicted molar refractivity (Wildman–Crippen MR) is 64.2 cm³/mol. The molecule has 0 aliphatic rings. The Morgan fingerprint density at radius 1 is 1.11 bits per heavy atom. The van der Waals surface area contributed by atoms with Crippen LogP contribution in [0.3, 0.4) is 0 Å². The number of rotatable bonds is 2. The van der Waals surface area contributed by atoms with Gasteiger partial charge in [0.2, 0.25) is 0 Å². The Balaban J connectivity index is 2.53.